The van der Waals surface area contributed by atoms with Crippen molar-refractivity contribution in [2.24, 2.45) is 0 Å². The topological polar surface area (TPSA) is 3.24 Å². The van der Waals surface area contributed by atoms with Crippen molar-refractivity contribution in [2.45, 2.75) is 13.0 Å². The molecule has 0 fully saturated rings. The van der Waals surface area contributed by atoms with Crippen LogP contribution in [0.1, 0.15) is 18.5 Å². The van der Waals surface area contributed by atoms with E-state index < -0.39 is 0 Å². The summed E-state index contributed by atoms with van der Waals surface area (Å²) in [5, 5.41) is 0. The highest BCUT2D eigenvalue weighted by atomic mass is 15.1. The van der Waals surface area contributed by atoms with Gasteiger partial charge in [0.15, 0.2) is 0 Å². The SMILES string of the molecule is C[C@@H](c1c[c]ccc1)N(C)C. The van der Waals surface area contributed by atoms with E-state index in [0.717, 1.165) is 0 Å². The molecule has 1 aromatic carbocycles. The average Bonchev–Trinajstić information content (AvgIpc) is 2.05. The molecule has 0 aromatic heterocycles. The predicted octanol–water partition coefficient (Wildman–Crippen LogP) is 2.11. The molecule has 0 saturated heterocycles. The highest BCUT2D eigenvalue weighted by Crippen LogP contribution is 2.15. The first-order valence-electron chi connectivity index (χ1n) is 3.84. The molecule has 59 valence electrons. The van der Waals surface area contributed by atoms with E-state index in [0.29, 0.717) is 6.04 Å². The molecule has 0 aliphatic carbocycles. The van der Waals surface area contributed by atoms with Crippen LogP contribution in [-0.4, -0.2) is 19.0 Å². The van der Waals surface area contributed by atoms with Gasteiger partial charge in [-0.15, -0.1) is 0 Å². The lowest BCUT2D eigenvalue weighted by molar-refractivity contribution is 0.321. The maximum atomic E-state index is 3.07. The summed E-state index contributed by atoms with van der Waals surface area (Å²) in [5.74, 6) is 0. The monoisotopic (exact) mass is 148 g/mol. The van der Waals surface area contributed by atoms with Crippen LogP contribution in [0.25, 0.3) is 0 Å². The first kappa shape index (κ1) is 8.28. The van der Waals surface area contributed by atoms with Crippen LogP contribution in [0.3, 0.4) is 0 Å². The fourth-order valence-electron chi connectivity index (χ4n) is 0.965. The van der Waals surface area contributed by atoms with Crippen molar-refractivity contribution in [3.8, 4) is 0 Å². The minimum absolute atomic E-state index is 0.479. The normalized spacial score (nSPS) is 13.5. The third-order valence-electron chi connectivity index (χ3n) is 1.99. The van der Waals surface area contributed by atoms with Crippen LogP contribution in [0.15, 0.2) is 24.3 Å². The number of benzene rings is 1. The number of hydrogen-bond acceptors (Lipinski definition) is 1. The summed E-state index contributed by atoms with van der Waals surface area (Å²) in [6.45, 7) is 2.18. The second-order valence-corrected chi connectivity index (χ2v) is 2.98. The lowest BCUT2D eigenvalue weighted by Gasteiger charge is -2.19. The molecule has 1 radical (unpaired) electrons. The standard InChI is InChI=1S/C10H14N/c1-9(11(2)3)10-7-5-4-6-8-10/h4-5,7-9H,1-3H3/t9-/m0/s1. The van der Waals surface area contributed by atoms with E-state index in [-0.39, 0.29) is 0 Å². The molecule has 1 atom stereocenters. The summed E-state index contributed by atoms with van der Waals surface area (Å²) in [6, 6.07) is 11.7. The molecule has 0 unspecified atom stereocenters. The molecule has 0 aliphatic rings. The molecule has 0 N–H and O–H groups in total. The quantitative estimate of drug-likeness (QED) is 0.621. The largest absolute Gasteiger partial charge is 0.303 e. The van der Waals surface area contributed by atoms with Crippen molar-refractivity contribution < 1.29 is 0 Å². The summed E-state index contributed by atoms with van der Waals surface area (Å²) < 4.78 is 0. The molecule has 11 heavy (non-hydrogen) atoms. The van der Waals surface area contributed by atoms with Crippen LogP contribution in [-0.2, 0) is 0 Å². The molecule has 1 nitrogen and oxygen atoms in total. The molecule has 0 spiro atoms. The van der Waals surface area contributed by atoms with E-state index in [4.69, 9.17) is 0 Å². The maximum absolute atomic E-state index is 3.07. The van der Waals surface area contributed by atoms with Crippen LogP contribution in [0.4, 0.5) is 0 Å². The summed E-state index contributed by atoms with van der Waals surface area (Å²) in [5.41, 5.74) is 1.32. The van der Waals surface area contributed by atoms with Gasteiger partial charge in [-0.3, -0.25) is 0 Å². The van der Waals surface area contributed by atoms with E-state index in [9.17, 15) is 0 Å². The Hall–Kier alpha value is -0.820. The van der Waals surface area contributed by atoms with Gasteiger partial charge in [-0.05, 0) is 38.7 Å². The first-order chi connectivity index (χ1) is 5.22. The Bertz CT molecular complexity index is 203. The van der Waals surface area contributed by atoms with E-state index >= 15 is 0 Å². The Morgan fingerprint density at radius 1 is 1.45 bits per heavy atom. The van der Waals surface area contributed by atoms with Gasteiger partial charge in [-0.2, -0.15) is 0 Å². The Kier molecular flexibility index (Phi) is 2.66. The van der Waals surface area contributed by atoms with Crippen molar-refractivity contribution in [1.82, 2.24) is 4.90 Å². The molecule has 1 aromatic rings. The lowest BCUT2D eigenvalue weighted by Crippen LogP contribution is -2.16. The fourth-order valence-corrected chi connectivity index (χ4v) is 0.965. The third kappa shape index (κ3) is 2.05. The number of hydrogen-bond donors (Lipinski definition) is 0. The Morgan fingerprint density at radius 3 is 2.64 bits per heavy atom. The highest BCUT2D eigenvalue weighted by Gasteiger charge is 2.05. The minimum Gasteiger partial charge on any atom is -0.303 e. The van der Waals surface area contributed by atoms with Gasteiger partial charge in [0, 0.05) is 6.04 Å². The van der Waals surface area contributed by atoms with Crippen LogP contribution in [0.5, 0.6) is 0 Å². The van der Waals surface area contributed by atoms with Gasteiger partial charge in [0.05, 0.1) is 0 Å². The van der Waals surface area contributed by atoms with Gasteiger partial charge in [0.1, 0.15) is 0 Å². The summed E-state index contributed by atoms with van der Waals surface area (Å²) in [6.07, 6.45) is 0. The molecule has 1 rings (SSSR count). The smallest absolute Gasteiger partial charge is 0.0314 e. The molecular formula is C10H14N. The van der Waals surface area contributed by atoms with Crippen molar-refractivity contribution in [3.63, 3.8) is 0 Å². The van der Waals surface area contributed by atoms with E-state index in [1.165, 1.54) is 5.56 Å². The molecule has 0 aliphatic heterocycles. The van der Waals surface area contributed by atoms with Gasteiger partial charge < -0.3 is 4.90 Å². The van der Waals surface area contributed by atoms with Gasteiger partial charge in [-0.1, -0.05) is 18.2 Å². The zero-order valence-corrected chi connectivity index (χ0v) is 7.33. The molecule has 0 bridgehead atoms. The fraction of sp³-hybridized carbons (Fsp3) is 0.400. The predicted molar refractivity (Wildman–Crippen MR) is 47.4 cm³/mol. The molecular weight excluding hydrogens is 134 g/mol. The van der Waals surface area contributed by atoms with E-state index in [1.54, 1.807) is 0 Å². The zero-order valence-electron chi connectivity index (χ0n) is 7.33. The van der Waals surface area contributed by atoms with Crippen LogP contribution in [0, 0.1) is 6.07 Å². The molecule has 0 amide bonds. The Morgan fingerprint density at radius 2 is 2.18 bits per heavy atom. The number of nitrogens with zero attached hydrogens (tertiary/aromatic N) is 1. The van der Waals surface area contributed by atoms with E-state index in [2.05, 4.69) is 38.1 Å². The Balaban J connectivity index is 2.77. The lowest BCUT2D eigenvalue weighted by atomic mass is 10.1. The zero-order chi connectivity index (χ0) is 8.27. The van der Waals surface area contributed by atoms with Gasteiger partial charge in [0.2, 0.25) is 0 Å². The highest BCUT2D eigenvalue weighted by molar-refractivity contribution is 5.16. The van der Waals surface area contributed by atoms with Gasteiger partial charge in [0.25, 0.3) is 0 Å². The van der Waals surface area contributed by atoms with Gasteiger partial charge >= 0.3 is 0 Å². The van der Waals surface area contributed by atoms with Crippen LogP contribution in [0.2, 0.25) is 0 Å². The average molecular weight is 148 g/mol. The molecule has 1 heteroatoms. The maximum Gasteiger partial charge on any atom is 0.0314 e. The summed E-state index contributed by atoms with van der Waals surface area (Å²) in [7, 11) is 4.16. The van der Waals surface area contributed by atoms with Crippen molar-refractivity contribution in [1.29, 1.82) is 0 Å². The second kappa shape index (κ2) is 3.54. The minimum atomic E-state index is 0.479. The summed E-state index contributed by atoms with van der Waals surface area (Å²) >= 11 is 0. The van der Waals surface area contributed by atoms with Crippen LogP contribution >= 0.6 is 0 Å². The molecule has 0 heterocycles. The number of rotatable bonds is 2. The molecule has 0 saturated carbocycles. The van der Waals surface area contributed by atoms with Crippen molar-refractivity contribution in [2.75, 3.05) is 14.1 Å². The van der Waals surface area contributed by atoms with E-state index in [1.807, 2.05) is 18.2 Å². The summed E-state index contributed by atoms with van der Waals surface area (Å²) in [4.78, 5) is 2.18. The second-order valence-electron chi connectivity index (χ2n) is 2.98. The van der Waals surface area contributed by atoms with Gasteiger partial charge in [-0.25, -0.2) is 0 Å². The van der Waals surface area contributed by atoms with Crippen LogP contribution < -0.4 is 0 Å². The first-order valence-corrected chi connectivity index (χ1v) is 3.84. The van der Waals surface area contributed by atoms with Crippen molar-refractivity contribution >= 4 is 0 Å². The third-order valence-corrected chi connectivity index (χ3v) is 1.99. The Labute approximate surface area is 68.7 Å². The van der Waals surface area contributed by atoms with Crippen molar-refractivity contribution in [3.05, 3.63) is 35.9 Å².